The minimum Gasteiger partial charge on any atom is -0.493 e. The van der Waals surface area contributed by atoms with Crippen LogP contribution in [0.3, 0.4) is 0 Å². The lowest BCUT2D eigenvalue weighted by Gasteiger charge is -2.39. The molecule has 0 amide bonds. The molecule has 4 nitrogen and oxygen atoms in total. The molecule has 1 aromatic carbocycles. The van der Waals surface area contributed by atoms with Crippen LogP contribution >= 0.6 is 11.6 Å². The van der Waals surface area contributed by atoms with Crippen LogP contribution in [-0.2, 0) is 23.1 Å². The van der Waals surface area contributed by atoms with E-state index in [9.17, 15) is 9.90 Å². The molecule has 24 heavy (non-hydrogen) atoms. The van der Waals surface area contributed by atoms with Crippen molar-refractivity contribution in [2.45, 2.75) is 63.2 Å². The Morgan fingerprint density at radius 1 is 0.917 bits per heavy atom. The van der Waals surface area contributed by atoms with E-state index in [2.05, 4.69) is 0 Å². The van der Waals surface area contributed by atoms with E-state index in [0.29, 0.717) is 36.8 Å². The fraction of sp³-hybridized carbons (Fsp3) is 0.632. The number of carbonyl (C=O) groups is 1. The summed E-state index contributed by atoms with van der Waals surface area (Å²) in [6.07, 6.45) is 7.78. The lowest BCUT2D eigenvalue weighted by Crippen LogP contribution is -2.40. The van der Waals surface area contributed by atoms with Crippen LogP contribution in [0.1, 0.15) is 61.6 Å². The summed E-state index contributed by atoms with van der Waals surface area (Å²) in [7, 11) is 0. The van der Waals surface area contributed by atoms with Crippen molar-refractivity contribution in [3.05, 3.63) is 21.7 Å². The molecule has 3 aliphatic rings. The second-order valence-electron chi connectivity index (χ2n) is 7.16. The molecule has 1 fully saturated rings. The van der Waals surface area contributed by atoms with Crippen LogP contribution in [0.15, 0.2) is 0 Å². The number of fused-ring (bicyclic) bond motifs is 2. The topological polar surface area (TPSA) is 55.8 Å². The second-order valence-corrected chi connectivity index (χ2v) is 7.53. The van der Waals surface area contributed by atoms with E-state index in [4.69, 9.17) is 21.1 Å². The first-order valence-electron chi connectivity index (χ1n) is 9.02. The molecule has 1 N–H and O–H groups in total. The van der Waals surface area contributed by atoms with Crippen LogP contribution < -0.4 is 9.47 Å². The van der Waals surface area contributed by atoms with E-state index in [0.717, 1.165) is 67.4 Å². The Morgan fingerprint density at radius 2 is 1.54 bits per heavy atom. The van der Waals surface area contributed by atoms with Gasteiger partial charge in [-0.3, -0.25) is 4.79 Å². The first kappa shape index (κ1) is 16.1. The van der Waals surface area contributed by atoms with E-state index in [1.807, 2.05) is 0 Å². The molecule has 5 heteroatoms. The van der Waals surface area contributed by atoms with Crippen LogP contribution in [0, 0.1) is 0 Å². The summed E-state index contributed by atoms with van der Waals surface area (Å²) in [5, 5.41) is 10.8. The predicted octanol–water partition coefficient (Wildman–Crippen LogP) is 4.28. The molecule has 0 spiro atoms. The zero-order valence-corrected chi connectivity index (χ0v) is 14.6. The molecule has 1 aromatic rings. The van der Waals surface area contributed by atoms with Crippen molar-refractivity contribution in [3.8, 4) is 11.5 Å². The summed E-state index contributed by atoms with van der Waals surface area (Å²) >= 11 is 6.63. The average Bonchev–Trinajstić information content (AvgIpc) is 2.63. The van der Waals surface area contributed by atoms with Crippen LogP contribution in [0.4, 0.5) is 0 Å². The maximum atomic E-state index is 12.4. The standard InChI is InChI=1S/C19H23ClO4/c20-15-13-7-5-10-23-16(13)14(12-6-4-11-24-17(12)15)19(18(21)22)8-2-1-3-9-19/h1-11H2,(H,21,22). The van der Waals surface area contributed by atoms with Gasteiger partial charge in [-0.05, 0) is 38.5 Å². The van der Waals surface area contributed by atoms with Crippen LogP contribution in [-0.4, -0.2) is 24.3 Å². The predicted molar refractivity (Wildman–Crippen MR) is 91.5 cm³/mol. The van der Waals surface area contributed by atoms with Crippen molar-refractivity contribution in [1.29, 1.82) is 0 Å². The normalized spacial score (nSPS) is 21.9. The summed E-state index contributed by atoms with van der Waals surface area (Å²) in [6.45, 7) is 1.28. The zero-order valence-electron chi connectivity index (χ0n) is 13.8. The van der Waals surface area contributed by atoms with Gasteiger partial charge in [0.25, 0.3) is 0 Å². The van der Waals surface area contributed by atoms with Crippen molar-refractivity contribution in [2.24, 2.45) is 0 Å². The van der Waals surface area contributed by atoms with Gasteiger partial charge in [-0.1, -0.05) is 30.9 Å². The summed E-state index contributed by atoms with van der Waals surface area (Å²) in [5.41, 5.74) is 1.96. The van der Waals surface area contributed by atoms with Crippen molar-refractivity contribution in [2.75, 3.05) is 13.2 Å². The van der Waals surface area contributed by atoms with Gasteiger partial charge in [-0.15, -0.1) is 0 Å². The molecule has 0 saturated heterocycles. The summed E-state index contributed by atoms with van der Waals surface area (Å²) in [6, 6.07) is 0. The van der Waals surface area contributed by atoms with Gasteiger partial charge in [0.15, 0.2) is 0 Å². The number of halogens is 1. The number of benzene rings is 1. The monoisotopic (exact) mass is 350 g/mol. The largest absolute Gasteiger partial charge is 0.493 e. The number of hydrogen-bond acceptors (Lipinski definition) is 3. The summed E-state index contributed by atoms with van der Waals surface area (Å²) < 4.78 is 11.9. The van der Waals surface area contributed by atoms with Crippen LogP contribution in [0.25, 0.3) is 0 Å². The van der Waals surface area contributed by atoms with Crippen LogP contribution in [0.5, 0.6) is 11.5 Å². The smallest absolute Gasteiger partial charge is 0.314 e. The van der Waals surface area contributed by atoms with Crippen molar-refractivity contribution in [1.82, 2.24) is 0 Å². The molecular formula is C19H23ClO4. The average molecular weight is 351 g/mol. The Labute approximate surface area is 147 Å². The van der Waals surface area contributed by atoms with E-state index < -0.39 is 11.4 Å². The quantitative estimate of drug-likeness (QED) is 0.865. The fourth-order valence-electron chi connectivity index (χ4n) is 4.62. The molecule has 0 radical (unpaired) electrons. The SMILES string of the molecule is O=C(O)C1(c2c3c(c(Cl)c4c2OCCC4)OCCC3)CCCCC1. The molecule has 1 saturated carbocycles. The fourth-order valence-corrected chi connectivity index (χ4v) is 4.97. The van der Waals surface area contributed by atoms with Crippen LogP contribution in [0.2, 0.25) is 5.02 Å². The van der Waals surface area contributed by atoms with Crippen molar-refractivity contribution >= 4 is 17.6 Å². The molecule has 0 atom stereocenters. The Bertz CT molecular complexity index is 639. The molecule has 0 unspecified atom stereocenters. The van der Waals surface area contributed by atoms with E-state index in [1.54, 1.807) is 0 Å². The first-order chi connectivity index (χ1) is 11.6. The van der Waals surface area contributed by atoms with Gasteiger partial charge >= 0.3 is 5.97 Å². The van der Waals surface area contributed by atoms with Gasteiger partial charge < -0.3 is 14.6 Å². The number of aliphatic carboxylic acids is 1. The second kappa shape index (κ2) is 6.14. The third kappa shape index (κ3) is 2.30. The highest BCUT2D eigenvalue weighted by Crippen LogP contribution is 2.53. The Balaban J connectivity index is 2.01. The summed E-state index contributed by atoms with van der Waals surface area (Å²) in [5.74, 6) is 0.738. The maximum absolute atomic E-state index is 12.4. The zero-order chi connectivity index (χ0) is 16.7. The first-order valence-corrected chi connectivity index (χ1v) is 9.39. The summed E-state index contributed by atoms with van der Waals surface area (Å²) in [4.78, 5) is 12.4. The Hall–Kier alpha value is -1.42. The number of rotatable bonds is 2. The number of carboxylic acid groups (broad SMARTS) is 1. The van der Waals surface area contributed by atoms with E-state index in [1.165, 1.54) is 0 Å². The molecule has 4 rings (SSSR count). The highest BCUT2D eigenvalue weighted by atomic mass is 35.5. The Kier molecular flexibility index (Phi) is 4.11. The van der Waals surface area contributed by atoms with Gasteiger partial charge in [-0.2, -0.15) is 0 Å². The molecule has 0 aromatic heterocycles. The maximum Gasteiger partial charge on any atom is 0.314 e. The van der Waals surface area contributed by atoms with Gasteiger partial charge in [0, 0.05) is 16.7 Å². The third-order valence-electron chi connectivity index (χ3n) is 5.77. The number of hydrogen-bond donors (Lipinski definition) is 1. The van der Waals surface area contributed by atoms with Gasteiger partial charge in [-0.25, -0.2) is 0 Å². The molecule has 0 bridgehead atoms. The molecule has 2 heterocycles. The lowest BCUT2D eigenvalue weighted by molar-refractivity contribution is -0.145. The van der Waals surface area contributed by atoms with Gasteiger partial charge in [0.2, 0.25) is 0 Å². The lowest BCUT2D eigenvalue weighted by atomic mass is 9.66. The Morgan fingerprint density at radius 3 is 2.21 bits per heavy atom. The van der Waals surface area contributed by atoms with E-state index in [-0.39, 0.29) is 0 Å². The van der Waals surface area contributed by atoms with Crippen molar-refractivity contribution in [3.63, 3.8) is 0 Å². The van der Waals surface area contributed by atoms with E-state index >= 15 is 0 Å². The minimum absolute atomic E-state index is 0.631. The number of ether oxygens (including phenoxy) is 2. The molecule has 2 aliphatic heterocycles. The molecule has 130 valence electrons. The van der Waals surface area contributed by atoms with Gasteiger partial charge in [0.1, 0.15) is 11.5 Å². The minimum atomic E-state index is -0.852. The number of carboxylic acids is 1. The van der Waals surface area contributed by atoms with Gasteiger partial charge in [0.05, 0.1) is 23.7 Å². The van der Waals surface area contributed by atoms with Crippen molar-refractivity contribution < 1.29 is 19.4 Å². The third-order valence-corrected chi connectivity index (χ3v) is 6.17. The highest BCUT2D eigenvalue weighted by Gasteiger charge is 2.47. The molecular weight excluding hydrogens is 328 g/mol. The molecule has 1 aliphatic carbocycles. The highest BCUT2D eigenvalue weighted by molar-refractivity contribution is 6.33.